The number of amides is 2. The quantitative estimate of drug-likeness (QED) is 0.0928. The fourth-order valence-electron chi connectivity index (χ4n) is 13.4. The number of likely N-dealkylation sites (N-methyl/N-ethyl adjacent to an activating group) is 2. The number of hydrogen-bond donors (Lipinski definition) is 5. The van der Waals surface area contributed by atoms with E-state index < -0.39 is 127 Å². The molecule has 0 aliphatic carbocycles. The number of esters is 1. The summed E-state index contributed by atoms with van der Waals surface area (Å²) in [4.78, 5) is 45.8. The van der Waals surface area contributed by atoms with Crippen LogP contribution in [0.15, 0.2) is 54.7 Å². The number of fused-ring (bicyclic) bond motifs is 1. The van der Waals surface area contributed by atoms with Crippen molar-refractivity contribution >= 4 is 17.8 Å². The highest BCUT2D eigenvalue weighted by Crippen LogP contribution is 2.45. The minimum absolute atomic E-state index is 0.0746. The lowest BCUT2D eigenvalue weighted by Gasteiger charge is -2.51. The van der Waals surface area contributed by atoms with Crippen molar-refractivity contribution in [2.24, 2.45) is 23.7 Å². The van der Waals surface area contributed by atoms with Crippen LogP contribution in [0.2, 0.25) is 0 Å². The molecule has 1 unspecified atom stereocenters. The van der Waals surface area contributed by atoms with Gasteiger partial charge < -0.3 is 63.8 Å². The Labute approximate surface area is 477 Å². The Morgan fingerprint density at radius 2 is 1.54 bits per heavy atom. The van der Waals surface area contributed by atoms with E-state index in [0.717, 1.165) is 0 Å². The normalized spacial score (nSPS) is 37.6. The molecule has 5 N–H and O–H groups in total. The molecule has 20 atom stereocenters. The Kier molecular flexibility index (Phi) is 20.8. The molecule has 1 aromatic heterocycles. The molecule has 7 rings (SSSR count). The van der Waals surface area contributed by atoms with E-state index in [1.807, 2.05) is 44.7 Å². The first-order valence-corrected chi connectivity index (χ1v) is 28.8. The van der Waals surface area contributed by atoms with Crippen molar-refractivity contribution in [2.45, 2.75) is 204 Å². The number of cyclic esters (lactones) is 1. The number of halogens is 1. The lowest BCUT2D eigenvalue weighted by molar-refractivity contribution is -0.302. The van der Waals surface area contributed by atoms with Gasteiger partial charge in [0, 0.05) is 64.3 Å². The molecule has 0 bridgehead atoms. The number of carbonyl (C=O) groups is 3. The van der Waals surface area contributed by atoms with Crippen LogP contribution in [0, 0.1) is 23.7 Å². The van der Waals surface area contributed by atoms with Crippen LogP contribution in [0.1, 0.15) is 145 Å². The Bertz CT molecular complexity index is 2560. The molecule has 0 spiro atoms. The number of benzene rings is 2. The first-order valence-electron chi connectivity index (χ1n) is 28.8. The standard InChI is InChI=1S/C60H91FN6O14/c1-15-47-60(10,75)51(69)37(6)65(12)30-33(2)27-58(8,74)53(35(4)48(36(5)56(73)80-47)46-28-59(9,77-14)52(70)38(7)79-46)81-57-49(68)44(26-34(3)78-57)64(11)25-24-41-32-67(63-62-41)45(29-61)50(76-13)40-22-20-39(21-23-40)31-66-54(71)42-18-16-17-19-43(42)55(66)72/h16-23,32-38,44-53,57,68-70,74-75H,15,24-31H2,1-14H3/t33-,34-,35+,36-,37-,38+,44+,45-,46?,47-,48+,49-,50-,51-,52+,53-,57+,58-,59-,60-/m1/s1. The number of rotatable bonds is 16. The molecule has 0 radical (unpaired) electrons. The Morgan fingerprint density at radius 3 is 2.14 bits per heavy atom. The minimum Gasteiger partial charge on any atom is -0.459 e. The van der Waals surface area contributed by atoms with Crippen molar-refractivity contribution < 1.29 is 72.7 Å². The van der Waals surface area contributed by atoms with Gasteiger partial charge in [-0.25, -0.2) is 9.07 Å². The van der Waals surface area contributed by atoms with Gasteiger partial charge >= 0.3 is 5.97 Å². The number of ether oxygens (including phenoxy) is 6. The number of carbonyl (C=O) groups excluding carboxylic acids is 3. The van der Waals surface area contributed by atoms with Gasteiger partial charge in [0.25, 0.3) is 11.8 Å². The SMILES string of the molecule is CC[C@H]1OC(=O)[C@H](C)[C@@H](C2C[C@@](C)(OC)[C@@H](O)[C@H](C)O2)[C@H](C)[C@@H](O[C@@H]2O[C@H](C)C[C@H](N(C)CCc3cn([C@H](CF)[C@H](OC)c4ccc(CN5C(=O)c6ccccc6C5=O)cc4)nn3)[C@H]2O)[C@](C)(O)C[C@@H](C)CN(C)[C@H](C)[C@@H](O)[C@]1(C)O. The number of imide groups is 1. The van der Waals surface area contributed by atoms with E-state index in [0.29, 0.717) is 53.9 Å². The van der Waals surface area contributed by atoms with E-state index in [2.05, 4.69) is 10.3 Å². The van der Waals surface area contributed by atoms with Gasteiger partial charge in [-0.1, -0.05) is 69.3 Å². The zero-order valence-electron chi connectivity index (χ0n) is 49.8. The van der Waals surface area contributed by atoms with Gasteiger partial charge in [0.1, 0.15) is 48.8 Å². The summed E-state index contributed by atoms with van der Waals surface area (Å²) >= 11 is 0. The van der Waals surface area contributed by atoms with Gasteiger partial charge in [-0.15, -0.1) is 5.10 Å². The molecule has 21 heteroatoms. The Hall–Kier alpha value is -4.36. The second-order valence-corrected chi connectivity index (χ2v) is 24.6. The van der Waals surface area contributed by atoms with Crippen LogP contribution < -0.4 is 0 Å². The summed E-state index contributed by atoms with van der Waals surface area (Å²) in [5.74, 6) is -4.06. The van der Waals surface area contributed by atoms with Crippen LogP contribution in [-0.4, -0.2) is 205 Å². The van der Waals surface area contributed by atoms with E-state index in [-0.39, 0.29) is 43.5 Å². The Balaban J connectivity index is 1.10. The van der Waals surface area contributed by atoms with E-state index in [4.69, 9.17) is 28.4 Å². The van der Waals surface area contributed by atoms with E-state index in [1.165, 1.54) is 30.7 Å². The van der Waals surface area contributed by atoms with Crippen molar-refractivity contribution in [3.05, 3.63) is 82.7 Å². The van der Waals surface area contributed by atoms with Crippen LogP contribution in [0.3, 0.4) is 0 Å². The molecule has 3 fully saturated rings. The summed E-state index contributed by atoms with van der Waals surface area (Å²) < 4.78 is 54.6. The number of hydrogen-bond acceptors (Lipinski definition) is 18. The van der Waals surface area contributed by atoms with Gasteiger partial charge in [0.15, 0.2) is 6.29 Å². The Morgan fingerprint density at radius 1 is 0.901 bits per heavy atom. The predicted octanol–water partition coefficient (Wildman–Crippen LogP) is 5.07. The minimum atomic E-state index is -1.84. The molecule has 81 heavy (non-hydrogen) atoms. The number of nitrogens with zero attached hydrogens (tertiary/aromatic N) is 6. The van der Waals surface area contributed by atoms with Crippen molar-refractivity contribution in [3.8, 4) is 0 Å². The van der Waals surface area contributed by atoms with Crippen molar-refractivity contribution in [1.82, 2.24) is 29.7 Å². The van der Waals surface area contributed by atoms with Crippen LogP contribution in [0.25, 0.3) is 0 Å². The van der Waals surface area contributed by atoms with Crippen molar-refractivity contribution in [3.63, 3.8) is 0 Å². The predicted molar refractivity (Wildman–Crippen MR) is 297 cm³/mol. The van der Waals surface area contributed by atoms with Gasteiger partial charge in [-0.3, -0.25) is 19.3 Å². The number of aromatic nitrogens is 3. The maximum atomic E-state index is 15.1. The molecule has 4 aliphatic rings. The number of alkyl halides is 1. The molecule has 3 saturated heterocycles. The molecule has 452 valence electrons. The summed E-state index contributed by atoms with van der Waals surface area (Å²) in [6.45, 7) is 17.8. The summed E-state index contributed by atoms with van der Waals surface area (Å²) in [5.41, 5.74) is -1.89. The summed E-state index contributed by atoms with van der Waals surface area (Å²) in [5, 5.41) is 69.1. The maximum Gasteiger partial charge on any atom is 0.309 e. The van der Waals surface area contributed by atoms with Crippen LogP contribution >= 0.6 is 0 Å². The van der Waals surface area contributed by atoms with Crippen LogP contribution in [0.4, 0.5) is 4.39 Å². The van der Waals surface area contributed by atoms with Crippen molar-refractivity contribution in [1.29, 1.82) is 0 Å². The highest BCUT2D eigenvalue weighted by Gasteiger charge is 2.55. The third-order valence-corrected chi connectivity index (χ3v) is 18.4. The zero-order valence-corrected chi connectivity index (χ0v) is 49.8. The molecule has 2 aromatic carbocycles. The molecule has 5 heterocycles. The summed E-state index contributed by atoms with van der Waals surface area (Å²) in [7, 11) is 6.71. The van der Waals surface area contributed by atoms with Gasteiger partial charge in [-0.2, -0.15) is 0 Å². The first-order chi connectivity index (χ1) is 38.1. The first kappa shape index (κ1) is 64.2. The van der Waals surface area contributed by atoms with Crippen LogP contribution in [-0.2, 0) is 46.2 Å². The third kappa shape index (κ3) is 13.6. The average molecular weight is 1140 g/mol. The highest BCUT2D eigenvalue weighted by molar-refractivity contribution is 6.21. The fraction of sp³-hybridized carbons (Fsp3) is 0.717. The van der Waals surface area contributed by atoms with Crippen LogP contribution in [0.5, 0.6) is 0 Å². The second kappa shape index (κ2) is 26.3. The molecular formula is C60H91FN6O14. The maximum absolute atomic E-state index is 15.1. The van der Waals surface area contributed by atoms with Gasteiger partial charge in [-0.05, 0) is 110 Å². The number of aliphatic hydroxyl groups excluding tert-OH is 3. The van der Waals surface area contributed by atoms with E-state index in [1.54, 1.807) is 96.3 Å². The molecule has 2 amide bonds. The monoisotopic (exact) mass is 1140 g/mol. The average Bonchev–Trinajstić information content (AvgIpc) is 4.02. The van der Waals surface area contributed by atoms with Crippen molar-refractivity contribution in [2.75, 3.05) is 48.1 Å². The number of aliphatic hydroxyl groups is 5. The summed E-state index contributed by atoms with van der Waals surface area (Å²) in [6.07, 6.45) is -6.71. The van der Waals surface area contributed by atoms with E-state index >= 15 is 4.39 Å². The summed E-state index contributed by atoms with van der Waals surface area (Å²) in [6, 6.07) is 11.9. The molecular weight excluding hydrogens is 1050 g/mol. The topological polar surface area (TPSA) is 248 Å². The van der Waals surface area contributed by atoms with Gasteiger partial charge in [0.05, 0.1) is 64.9 Å². The fourth-order valence-corrected chi connectivity index (χ4v) is 13.4. The number of methoxy groups -OCH3 is 2. The largest absolute Gasteiger partial charge is 0.459 e. The second-order valence-electron chi connectivity index (χ2n) is 24.6. The smallest absolute Gasteiger partial charge is 0.309 e. The van der Waals surface area contributed by atoms with E-state index in [9.17, 15) is 39.9 Å². The molecule has 3 aromatic rings. The molecule has 0 saturated carbocycles. The lowest BCUT2D eigenvalue weighted by atomic mass is 9.68. The molecule has 4 aliphatic heterocycles. The zero-order chi connectivity index (χ0) is 59.6. The highest BCUT2D eigenvalue weighted by atomic mass is 19.1. The third-order valence-electron chi connectivity index (χ3n) is 18.4. The van der Waals surface area contributed by atoms with Gasteiger partial charge in [0.2, 0.25) is 0 Å². The molecule has 20 nitrogen and oxygen atoms in total. The lowest BCUT2D eigenvalue weighted by Crippen LogP contribution is -2.62.